The maximum atomic E-state index is 12.0. The first-order chi connectivity index (χ1) is 8.48. The van der Waals surface area contributed by atoms with Crippen molar-refractivity contribution in [3.05, 3.63) is 35.9 Å². The Balaban J connectivity index is 3.45. The number of carboxylic acid groups (broad SMARTS) is 1. The van der Waals surface area contributed by atoms with Gasteiger partial charge in [-0.3, -0.25) is 4.79 Å². The molecule has 0 bridgehead atoms. The summed E-state index contributed by atoms with van der Waals surface area (Å²) in [5.41, 5.74) is 0.967. The fourth-order valence-electron chi connectivity index (χ4n) is 3.24. The number of carbonyl (C=O) groups is 1. The lowest BCUT2D eigenvalue weighted by Crippen LogP contribution is -2.57. The molecule has 0 spiro atoms. The van der Waals surface area contributed by atoms with E-state index in [-0.39, 0.29) is 0 Å². The molecule has 0 radical (unpaired) electrons. The van der Waals surface area contributed by atoms with Gasteiger partial charge >= 0.3 is 5.97 Å². The highest BCUT2D eigenvalue weighted by atomic mass is 28.3. The average molecular weight is 264 g/mol. The summed E-state index contributed by atoms with van der Waals surface area (Å²) in [5.74, 6) is -0.661. The number of rotatable bonds is 6. The van der Waals surface area contributed by atoms with Gasteiger partial charge in [0.2, 0.25) is 0 Å². The van der Waals surface area contributed by atoms with E-state index in [0.717, 1.165) is 23.7 Å². The van der Waals surface area contributed by atoms with Crippen LogP contribution in [0.1, 0.15) is 33.3 Å². The quantitative estimate of drug-likeness (QED) is 0.786. The van der Waals surface area contributed by atoms with Crippen molar-refractivity contribution in [1.82, 2.24) is 0 Å². The summed E-state index contributed by atoms with van der Waals surface area (Å²) in [4.78, 5) is 12.0. The van der Waals surface area contributed by atoms with Crippen LogP contribution in [0.3, 0.4) is 0 Å². The lowest BCUT2D eigenvalue weighted by molar-refractivity contribution is -0.140. The van der Waals surface area contributed by atoms with E-state index in [0.29, 0.717) is 0 Å². The van der Waals surface area contributed by atoms with Crippen molar-refractivity contribution < 1.29 is 9.90 Å². The van der Waals surface area contributed by atoms with Gasteiger partial charge in [-0.1, -0.05) is 69.2 Å². The van der Waals surface area contributed by atoms with E-state index in [2.05, 4.69) is 20.8 Å². The Morgan fingerprint density at radius 1 is 1.11 bits per heavy atom. The lowest BCUT2D eigenvalue weighted by Gasteiger charge is -2.43. The molecule has 3 heteroatoms. The first-order valence-electron chi connectivity index (χ1n) is 6.77. The molecule has 0 heterocycles. The number of benzene rings is 1. The molecule has 18 heavy (non-hydrogen) atoms. The SMILES string of the molecule is CC[Si](CC)(CC)C(C)(C(=O)O)c1ccccc1. The summed E-state index contributed by atoms with van der Waals surface area (Å²) in [6.45, 7) is 8.41. The topological polar surface area (TPSA) is 37.3 Å². The van der Waals surface area contributed by atoms with Crippen molar-refractivity contribution in [2.75, 3.05) is 0 Å². The van der Waals surface area contributed by atoms with Crippen molar-refractivity contribution in [3.63, 3.8) is 0 Å². The zero-order valence-electron chi connectivity index (χ0n) is 11.9. The standard InChI is InChI=1S/C15H24O2Si/c1-5-18(6-2,7-3)15(4,14(16)17)13-11-9-8-10-12-13/h8-12H,5-7H2,1-4H3,(H,16,17). The molecule has 1 unspecified atom stereocenters. The molecule has 0 saturated carbocycles. The van der Waals surface area contributed by atoms with Crippen molar-refractivity contribution in [3.8, 4) is 0 Å². The molecule has 1 aromatic rings. The summed E-state index contributed by atoms with van der Waals surface area (Å²) >= 11 is 0. The molecular weight excluding hydrogens is 240 g/mol. The molecule has 100 valence electrons. The minimum absolute atomic E-state index is 0.661. The van der Waals surface area contributed by atoms with Gasteiger partial charge in [-0.15, -0.1) is 0 Å². The molecule has 2 nitrogen and oxygen atoms in total. The number of aliphatic carboxylic acids is 1. The summed E-state index contributed by atoms with van der Waals surface area (Å²) in [6.07, 6.45) is 0. The second-order valence-electron chi connectivity index (χ2n) is 5.14. The minimum atomic E-state index is -1.87. The third-order valence-electron chi connectivity index (χ3n) is 4.87. The number of carboxylic acids is 1. The third kappa shape index (κ3) is 2.12. The molecule has 0 aliphatic heterocycles. The van der Waals surface area contributed by atoms with E-state index in [9.17, 15) is 9.90 Å². The van der Waals surface area contributed by atoms with Gasteiger partial charge in [0.15, 0.2) is 0 Å². The third-order valence-corrected chi connectivity index (χ3v) is 11.6. The fraction of sp³-hybridized carbons (Fsp3) is 0.533. The van der Waals surface area contributed by atoms with Gasteiger partial charge in [-0.05, 0) is 12.5 Å². The van der Waals surface area contributed by atoms with E-state index < -0.39 is 19.1 Å². The highest BCUT2D eigenvalue weighted by Crippen LogP contribution is 2.41. The zero-order valence-corrected chi connectivity index (χ0v) is 12.9. The summed E-state index contributed by atoms with van der Waals surface area (Å²) in [6, 6.07) is 12.8. The van der Waals surface area contributed by atoms with Gasteiger partial charge in [-0.2, -0.15) is 0 Å². The molecule has 1 aromatic carbocycles. The number of hydrogen-bond acceptors (Lipinski definition) is 1. The molecule has 0 aliphatic carbocycles. The van der Waals surface area contributed by atoms with Crippen LogP contribution in [0.25, 0.3) is 0 Å². The van der Waals surface area contributed by atoms with Crippen LogP contribution < -0.4 is 0 Å². The largest absolute Gasteiger partial charge is 0.481 e. The van der Waals surface area contributed by atoms with Crippen LogP contribution in [0.2, 0.25) is 18.1 Å². The number of hydrogen-bond donors (Lipinski definition) is 1. The van der Waals surface area contributed by atoms with Gasteiger partial charge in [-0.25, -0.2) is 0 Å². The molecule has 1 atom stereocenters. The van der Waals surface area contributed by atoms with Crippen LogP contribution in [-0.2, 0) is 9.83 Å². The molecule has 1 rings (SSSR count). The van der Waals surface area contributed by atoms with Crippen LogP contribution in [0.4, 0.5) is 0 Å². The van der Waals surface area contributed by atoms with E-state index >= 15 is 0 Å². The van der Waals surface area contributed by atoms with Crippen LogP contribution in [0.5, 0.6) is 0 Å². The molecule has 0 amide bonds. The van der Waals surface area contributed by atoms with E-state index in [1.807, 2.05) is 37.3 Å². The zero-order chi connectivity index (χ0) is 13.8. The Bertz CT molecular complexity index is 390. The smallest absolute Gasteiger partial charge is 0.310 e. The van der Waals surface area contributed by atoms with Gasteiger partial charge in [0.05, 0.1) is 13.1 Å². The molecule has 0 aromatic heterocycles. The molecule has 0 fully saturated rings. The summed E-state index contributed by atoms with van der Waals surface area (Å²) in [5, 5.41) is 9.16. The first-order valence-corrected chi connectivity index (χ1v) is 9.39. The average Bonchev–Trinajstić information content (AvgIpc) is 2.41. The monoisotopic (exact) mass is 264 g/mol. The highest BCUT2D eigenvalue weighted by Gasteiger charge is 2.52. The van der Waals surface area contributed by atoms with Gasteiger partial charge in [0.25, 0.3) is 0 Å². The fourth-order valence-corrected chi connectivity index (χ4v) is 8.09. The minimum Gasteiger partial charge on any atom is -0.481 e. The second kappa shape index (κ2) is 5.70. The second-order valence-corrected chi connectivity index (χ2v) is 10.8. The maximum Gasteiger partial charge on any atom is 0.310 e. The van der Waals surface area contributed by atoms with Crippen LogP contribution in [-0.4, -0.2) is 19.1 Å². The highest BCUT2D eigenvalue weighted by molar-refractivity contribution is 6.85. The summed E-state index contributed by atoms with van der Waals surface area (Å²) < 4.78 is 0. The van der Waals surface area contributed by atoms with E-state index in [1.54, 1.807) is 0 Å². The van der Waals surface area contributed by atoms with Crippen molar-refractivity contribution in [2.24, 2.45) is 0 Å². The van der Waals surface area contributed by atoms with Gasteiger partial charge < -0.3 is 5.11 Å². The Morgan fingerprint density at radius 2 is 1.56 bits per heavy atom. The normalized spacial score (nSPS) is 15.1. The maximum absolute atomic E-state index is 12.0. The summed E-state index contributed by atoms with van der Waals surface area (Å²) in [7, 11) is -1.87. The molecule has 1 N–H and O–H groups in total. The van der Waals surface area contributed by atoms with Crippen molar-refractivity contribution >= 4 is 14.0 Å². The molecular formula is C15H24O2Si. The predicted molar refractivity (Wildman–Crippen MR) is 78.6 cm³/mol. The lowest BCUT2D eigenvalue weighted by atomic mass is 10.0. The van der Waals surface area contributed by atoms with Crippen LogP contribution >= 0.6 is 0 Å². The van der Waals surface area contributed by atoms with Crippen molar-refractivity contribution in [1.29, 1.82) is 0 Å². The molecule has 0 aliphatic rings. The molecule has 0 saturated heterocycles. The Hall–Kier alpha value is -1.09. The van der Waals surface area contributed by atoms with Gasteiger partial charge in [0, 0.05) is 0 Å². The van der Waals surface area contributed by atoms with Crippen LogP contribution in [0, 0.1) is 0 Å². The first kappa shape index (κ1) is 15.0. The van der Waals surface area contributed by atoms with Crippen LogP contribution in [0.15, 0.2) is 30.3 Å². The van der Waals surface area contributed by atoms with E-state index in [1.165, 1.54) is 0 Å². The van der Waals surface area contributed by atoms with E-state index in [4.69, 9.17) is 0 Å². The Labute approximate surface area is 111 Å². The van der Waals surface area contributed by atoms with Crippen molar-refractivity contribution in [2.45, 2.75) is 50.9 Å². The Morgan fingerprint density at radius 3 is 1.89 bits per heavy atom. The predicted octanol–water partition coefficient (Wildman–Crippen LogP) is 4.08. The Kier molecular flexibility index (Phi) is 4.74. The van der Waals surface area contributed by atoms with Gasteiger partial charge in [0.1, 0.15) is 0 Å².